The van der Waals surface area contributed by atoms with Crippen LogP contribution in [0.2, 0.25) is 5.02 Å². The number of hydrogen-bond donors (Lipinski definition) is 2. The normalized spacial score (nSPS) is 11.3. The van der Waals surface area contributed by atoms with Gasteiger partial charge < -0.3 is 15.4 Å². The van der Waals surface area contributed by atoms with Crippen LogP contribution in [0.1, 0.15) is 6.42 Å². The zero-order chi connectivity index (χ0) is 17.7. The first-order chi connectivity index (χ1) is 11.2. The first-order valence-corrected chi connectivity index (χ1v) is 7.76. The highest BCUT2D eigenvalue weighted by Crippen LogP contribution is 2.28. The molecule has 1 aromatic heterocycles. The van der Waals surface area contributed by atoms with Gasteiger partial charge >= 0.3 is 12.3 Å². The van der Waals surface area contributed by atoms with Crippen molar-refractivity contribution in [3.05, 3.63) is 23.2 Å². The number of benzene rings is 1. The fourth-order valence-corrected chi connectivity index (χ4v) is 2.77. The molecule has 2 aromatic rings. The van der Waals surface area contributed by atoms with Gasteiger partial charge in [-0.1, -0.05) is 22.9 Å². The lowest BCUT2D eigenvalue weighted by Crippen LogP contribution is -2.31. The van der Waals surface area contributed by atoms with Gasteiger partial charge in [0.2, 0.25) is 5.91 Å². The monoisotopic (exact) mass is 381 g/mol. The Hall–Kier alpha value is -2.07. The molecule has 0 radical (unpaired) electrons. The maximum atomic E-state index is 11.8. The molecular weight excluding hydrogens is 371 g/mol. The van der Waals surface area contributed by atoms with Crippen molar-refractivity contribution in [3.63, 3.8) is 0 Å². The Morgan fingerprint density at radius 3 is 2.79 bits per heavy atom. The van der Waals surface area contributed by atoms with Gasteiger partial charge in [0.25, 0.3) is 0 Å². The molecule has 0 aliphatic carbocycles. The van der Waals surface area contributed by atoms with Crippen LogP contribution in [0, 0.1) is 0 Å². The number of amides is 2. The number of nitrogens with one attached hydrogen (secondary N) is 2. The van der Waals surface area contributed by atoms with Gasteiger partial charge in [0, 0.05) is 18.0 Å². The largest absolute Gasteiger partial charge is 0.440 e. The first kappa shape index (κ1) is 18.3. The van der Waals surface area contributed by atoms with Crippen molar-refractivity contribution in [2.75, 3.05) is 18.5 Å². The minimum Gasteiger partial charge on any atom is -0.440 e. The number of carbonyl (C=O) groups is 2. The molecule has 0 spiro atoms. The number of halogens is 4. The van der Waals surface area contributed by atoms with Gasteiger partial charge in [0.05, 0.1) is 10.2 Å². The number of alkyl carbamates (subject to hydrolysis) is 1. The van der Waals surface area contributed by atoms with E-state index in [4.69, 9.17) is 11.6 Å². The third-order valence-electron chi connectivity index (χ3n) is 2.59. The van der Waals surface area contributed by atoms with E-state index in [1.165, 1.54) is 11.3 Å². The van der Waals surface area contributed by atoms with Crippen molar-refractivity contribution in [2.24, 2.45) is 0 Å². The summed E-state index contributed by atoms with van der Waals surface area (Å²) in [6.45, 7) is -1.85. The zero-order valence-corrected chi connectivity index (χ0v) is 13.5. The Labute approximate surface area is 142 Å². The summed E-state index contributed by atoms with van der Waals surface area (Å²) < 4.78 is 40.2. The number of fused-ring (bicyclic) bond motifs is 1. The first-order valence-electron chi connectivity index (χ1n) is 6.56. The van der Waals surface area contributed by atoms with Crippen molar-refractivity contribution in [2.45, 2.75) is 12.6 Å². The van der Waals surface area contributed by atoms with Crippen molar-refractivity contribution in [1.29, 1.82) is 0 Å². The second-order valence-electron chi connectivity index (χ2n) is 4.55. The number of carbonyl (C=O) groups excluding carboxylic acids is 2. The van der Waals surface area contributed by atoms with E-state index in [9.17, 15) is 22.8 Å². The summed E-state index contributed by atoms with van der Waals surface area (Å²) in [4.78, 5) is 26.9. The van der Waals surface area contributed by atoms with Crippen LogP contribution >= 0.6 is 22.9 Å². The number of hydrogen-bond acceptors (Lipinski definition) is 5. The third kappa shape index (κ3) is 5.85. The second kappa shape index (κ2) is 7.67. The predicted octanol–water partition coefficient (Wildman–Crippen LogP) is 3.57. The molecule has 0 atom stereocenters. The molecule has 0 aliphatic heterocycles. The average Bonchev–Trinajstić information content (AvgIpc) is 2.85. The lowest BCUT2D eigenvalue weighted by atomic mass is 10.3. The van der Waals surface area contributed by atoms with Gasteiger partial charge in [0.15, 0.2) is 11.7 Å². The van der Waals surface area contributed by atoms with E-state index in [-0.39, 0.29) is 13.0 Å². The molecule has 0 saturated carbocycles. The molecule has 0 bridgehead atoms. The molecule has 24 heavy (non-hydrogen) atoms. The van der Waals surface area contributed by atoms with Crippen molar-refractivity contribution in [1.82, 2.24) is 10.3 Å². The molecule has 1 aromatic carbocycles. The number of rotatable bonds is 5. The molecule has 0 unspecified atom stereocenters. The highest BCUT2D eigenvalue weighted by Gasteiger charge is 2.29. The molecule has 130 valence electrons. The fraction of sp³-hybridized carbons (Fsp3) is 0.308. The molecule has 2 amide bonds. The van der Waals surface area contributed by atoms with Gasteiger partial charge in [-0.25, -0.2) is 9.78 Å². The molecular formula is C13H11ClF3N3O3S. The van der Waals surface area contributed by atoms with Crippen molar-refractivity contribution < 1.29 is 27.5 Å². The number of thiazole rings is 1. The molecule has 2 N–H and O–H groups in total. The topological polar surface area (TPSA) is 80.3 Å². The number of aromatic nitrogens is 1. The van der Waals surface area contributed by atoms with E-state index in [0.717, 1.165) is 4.70 Å². The smallest absolute Gasteiger partial charge is 0.422 e. The summed E-state index contributed by atoms with van der Waals surface area (Å²) in [5.41, 5.74) is 0.675. The molecule has 0 fully saturated rings. The lowest BCUT2D eigenvalue weighted by Gasteiger charge is -2.08. The Balaban J connectivity index is 1.75. The predicted molar refractivity (Wildman–Crippen MR) is 83.3 cm³/mol. The summed E-state index contributed by atoms with van der Waals surface area (Å²) >= 11 is 7.08. The SMILES string of the molecule is O=C(CCNC(=O)OCC(F)(F)F)Nc1nc2ccc(Cl)cc2s1. The van der Waals surface area contributed by atoms with Gasteiger partial charge in [0.1, 0.15) is 0 Å². The fourth-order valence-electron chi connectivity index (χ4n) is 1.61. The van der Waals surface area contributed by atoms with Crippen LogP contribution in [0.15, 0.2) is 18.2 Å². The highest BCUT2D eigenvalue weighted by atomic mass is 35.5. The minimum absolute atomic E-state index is 0.141. The molecule has 0 aliphatic rings. The molecule has 1 heterocycles. The maximum Gasteiger partial charge on any atom is 0.422 e. The maximum absolute atomic E-state index is 11.8. The second-order valence-corrected chi connectivity index (χ2v) is 6.01. The van der Waals surface area contributed by atoms with Gasteiger partial charge in [-0.15, -0.1) is 0 Å². The number of anilines is 1. The van der Waals surface area contributed by atoms with Crippen molar-refractivity contribution in [3.8, 4) is 0 Å². The van der Waals surface area contributed by atoms with E-state index in [2.05, 4.69) is 15.0 Å². The minimum atomic E-state index is -4.59. The van der Waals surface area contributed by atoms with Crippen LogP contribution in [0.3, 0.4) is 0 Å². The van der Waals surface area contributed by atoms with E-state index >= 15 is 0 Å². The number of alkyl halides is 3. The van der Waals surface area contributed by atoms with Crippen LogP contribution in [0.4, 0.5) is 23.1 Å². The van der Waals surface area contributed by atoms with Gasteiger partial charge in [-0.2, -0.15) is 13.2 Å². The van der Waals surface area contributed by atoms with E-state index < -0.39 is 24.8 Å². The summed E-state index contributed by atoms with van der Waals surface area (Å²) in [5.74, 6) is -0.448. The summed E-state index contributed by atoms with van der Waals surface area (Å²) in [5, 5.41) is 5.49. The Bertz CT molecular complexity index is 751. The van der Waals surface area contributed by atoms with E-state index in [1.807, 2.05) is 5.32 Å². The molecule has 6 nitrogen and oxygen atoms in total. The van der Waals surface area contributed by atoms with Crippen LogP contribution in [-0.4, -0.2) is 36.3 Å². The summed E-state index contributed by atoms with van der Waals surface area (Å²) in [6.07, 6.45) is -5.97. The third-order valence-corrected chi connectivity index (χ3v) is 3.75. The Morgan fingerprint density at radius 2 is 2.08 bits per heavy atom. The molecule has 0 saturated heterocycles. The summed E-state index contributed by atoms with van der Waals surface area (Å²) in [6, 6.07) is 5.09. The highest BCUT2D eigenvalue weighted by molar-refractivity contribution is 7.22. The van der Waals surface area contributed by atoms with Crippen LogP contribution < -0.4 is 10.6 Å². The lowest BCUT2D eigenvalue weighted by molar-refractivity contribution is -0.160. The zero-order valence-electron chi connectivity index (χ0n) is 11.9. The average molecular weight is 382 g/mol. The van der Waals surface area contributed by atoms with Crippen LogP contribution in [0.25, 0.3) is 10.2 Å². The quantitative estimate of drug-likeness (QED) is 0.829. The molecule has 11 heteroatoms. The van der Waals surface area contributed by atoms with Gasteiger partial charge in [-0.3, -0.25) is 4.79 Å². The van der Waals surface area contributed by atoms with E-state index in [0.29, 0.717) is 15.7 Å². The Morgan fingerprint density at radius 1 is 1.33 bits per heavy atom. The van der Waals surface area contributed by atoms with Crippen LogP contribution in [-0.2, 0) is 9.53 Å². The number of ether oxygens (including phenoxy) is 1. The van der Waals surface area contributed by atoms with Crippen molar-refractivity contribution >= 4 is 50.3 Å². The van der Waals surface area contributed by atoms with Crippen LogP contribution in [0.5, 0.6) is 0 Å². The summed E-state index contributed by atoms with van der Waals surface area (Å²) in [7, 11) is 0. The molecule has 2 rings (SSSR count). The van der Waals surface area contributed by atoms with E-state index in [1.54, 1.807) is 18.2 Å². The number of nitrogens with zero attached hydrogens (tertiary/aromatic N) is 1. The van der Waals surface area contributed by atoms with Gasteiger partial charge in [-0.05, 0) is 18.2 Å². The Kier molecular flexibility index (Phi) is 5.84. The standard InChI is InChI=1S/C13H11ClF3N3O3S/c14-7-1-2-8-9(5-7)24-11(19-8)20-10(21)3-4-18-12(22)23-6-13(15,16)17/h1-2,5H,3-4,6H2,(H,18,22)(H,19,20,21).